The van der Waals surface area contributed by atoms with Crippen LogP contribution in [0.3, 0.4) is 0 Å². The molecule has 3 nitrogen and oxygen atoms in total. The average molecular weight is 212 g/mol. The second-order valence-electron chi connectivity index (χ2n) is 2.35. The Labute approximate surface area is 81.3 Å². The number of thiocyanates is 1. The molecule has 5 heteroatoms. The third kappa shape index (κ3) is 2.76. The molecule has 67 valence electrons. The first kappa shape index (κ1) is 10.1. The van der Waals surface area contributed by atoms with Crippen molar-refractivity contribution in [3.05, 3.63) is 24.3 Å². The Kier molecular flexibility index (Phi) is 2.96. The summed E-state index contributed by atoms with van der Waals surface area (Å²) in [7, 11) is -3.22. The second-order valence-corrected chi connectivity index (χ2v) is 5.20. The summed E-state index contributed by atoms with van der Waals surface area (Å²) < 4.78 is 22.1. The highest BCUT2D eigenvalue weighted by molar-refractivity contribution is 8.03. The quantitative estimate of drug-likeness (QED) is 0.550. The molecule has 0 spiro atoms. The predicted octanol–water partition coefficient (Wildman–Crippen LogP) is 1.46. The maximum absolute atomic E-state index is 11.1. The normalized spacial score (nSPS) is 10.8. The van der Waals surface area contributed by atoms with Crippen LogP contribution < -0.4 is 0 Å². The molecule has 0 unspecified atom stereocenters. The summed E-state index contributed by atoms with van der Waals surface area (Å²) in [6, 6.07) is 7.17. The largest absolute Gasteiger partial charge is 0.224 e. The minimum absolute atomic E-state index is 0.118. The first-order valence-corrected chi connectivity index (χ1v) is 6.02. The van der Waals surface area contributed by atoms with Gasteiger partial charge in [-0.1, -0.05) is 6.07 Å². The number of benzene rings is 1. The van der Waals surface area contributed by atoms with Crippen molar-refractivity contribution in [2.45, 2.75) is 9.79 Å². The predicted molar refractivity (Wildman–Crippen MR) is 49.9 cm³/mol. The van der Waals surface area contributed by atoms with E-state index in [9.17, 15) is 8.42 Å². The fourth-order valence-corrected chi connectivity index (χ4v) is 1.87. The van der Waals surface area contributed by atoms with E-state index in [1.54, 1.807) is 6.07 Å². The SMILES string of the molecule is CS(=O)(=O)c1[c]ccc(SC#N)c1. The molecule has 0 saturated carbocycles. The Morgan fingerprint density at radius 1 is 1.62 bits per heavy atom. The lowest BCUT2D eigenvalue weighted by atomic mass is 10.4. The van der Waals surface area contributed by atoms with Gasteiger partial charge >= 0.3 is 0 Å². The number of hydrogen-bond acceptors (Lipinski definition) is 4. The van der Waals surface area contributed by atoms with Crippen LogP contribution in [0.15, 0.2) is 28.0 Å². The van der Waals surface area contributed by atoms with E-state index in [-0.39, 0.29) is 4.90 Å². The summed E-state index contributed by atoms with van der Waals surface area (Å²) >= 11 is 0.927. The average Bonchev–Trinajstić information content (AvgIpc) is 2.04. The van der Waals surface area contributed by atoms with E-state index in [4.69, 9.17) is 5.26 Å². The van der Waals surface area contributed by atoms with Crippen molar-refractivity contribution in [2.24, 2.45) is 0 Å². The molecule has 0 aliphatic heterocycles. The van der Waals surface area contributed by atoms with Gasteiger partial charge in [0.15, 0.2) is 9.84 Å². The lowest BCUT2D eigenvalue weighted by Crippen LogP contribution is -1.96. The molecule has 1 rings (SSSR count). The molecule has 0 heterocycles. The highest BCUT2D eigenvalue weighted by atomic mass is 32.2. The van der Waals surface area contributed by atoms with Gasteiger partial charge in [-0.15, -0.1) is 0 Å². The summed E-state index contributed by atoms with van der Waals surface area (Å²) in [6.45, 7) is 0. The maximum atomic E-state index is 11.1. The van der Waals surface area contributed by atoms with Gasteiger partial charge in [0.1, 0.15) is 5.40 Å². The van der Waals surface area contributed by atoms with Crippen LogP contribution >= 0.6 is 11.8 Å². The molecule has 0 N–H and O–H groups in total. The van der Waals surface area contributed by atoms with Crippen molar-refractivity contribution in [3.63, 3.8) is 0 Å². The minimum atomic E-state index is -3.22. The van der Waals surface area contributed by atoms with Crippen LogP contribution in [0.2, 0.25) is 0 Å². The first-order valence-electron chi connectivity index (χ1n) is 3.32. The zero-order valence-corrected chi connectivity index (χ0v) is 8.45. The van der Waals surface area contributed by atoms with Crippen molar-refractivity contribution in [1.29, 1.82) is 5.26 Å². The van der Waals surface area contributed by atoms with Crippen LogP contribution in [0, 0.1) is 16.7 Å². The zero-order valence-electron chi connectivity index (χ0n) is 6.81. The van der Waals surface area contributed by atoms with Crippen molar-refractivity contribution in [2.75, 3.05) is 6.26 Å². The molecule has 0 bridgehead atoms. The van der Waals surface area contributed by atoms with Gasteiger partial charge in [-0.3, -0.25) is 0 Å². The minimum Gasteiger partial charge on any atom is -0.224 e. The van der Waals surface area contributed by atoms with Gasteiger partial charge < -0.3 is 0 Å². The highest BCUT2D eigenvalue weighted by Gasteiger charge is 2.07. The van der Waals surface area contributed by atoms with E-state index >= 15 is 0 Å². The Morgan fingerprint density at radius 3 is 2.85 bits per heavy atom. The van der Waals surface area contributed by atoms with Crippen molar-refractivity contribution in [3.8, 4) is 5.40 Å². The first-order chi connectivity index (χ1) is 6.04. The van der Waals surface area contributed by atoms with E-state index in [1.165, 1.54) is 12.1 Å². The van der Waals surface area contributed by atoms with Crippen molar-refractivity contribution < 1.29 is 8.42 Å². The van der Waals surface area contributed by atoms with Crippen LogP contribution in [0.5, 0.6) is 0 Å². The molecule has 0 aliphatic carbocycles. The standard InChI is InChI=1S/C8H6NO2S2/c1-13(10,11)8-4-2-3-7(5-8)12-6-9/h2-3,5H,1H3. The molecule has 13 heavy (non-hydrogen) atoms. The molecule has 1 radical (unpaired) electrons. The molecule has 0 aliphatic rings. The Balaban J connectivity index is 3.15. The molecule has 0 aromatic heterocycles. The van der Waals surface area contributed by atoms with Crippen LogP contribution in [-0.4, -0.2) is 14.7 Å². The third-order valence-electron chi connectivity index (χ3n) is 1.31. The van der Waals surface area contributed by atoms with Crippen LogP contribution in [0.25, 0.3) is 0 Å². The second kappa shape index (κ2) is 3.81. The van der Waals surface area contributed by atoms with Gasteiger partial charge in [0.05, 0.1) is 4.90 Å². The lowest BCUT2D eigenvalue weighted by Gasteiger charge is -1.98. The maximum Gasteiger partial charge on any atom is 0.176 e. The van der Waals surface area contributed by atoms with Crippen LogP contribution in [0.4, 0.5) is 0 Å². The summed E-state index contributed by atoms with van der Waals surface area (Å²) in [4.78, 5) is 0.731. The van der Waals surface area contributed by atoms with Gasteiger partial charge in [-0.25, -0.2) is 8.42 Å². The highest BCUT2D eigenvalue weighted by Crippen LogP contribution is 2.19. The summed E-state index contributed by atoms with van der Waals surface area (Å²) in [6.07, 6.45) is 1.11. The lowest BCUT2D eigenvalue weighted by molar-refractivity contribution is 0.601. The van der Waals surface area contributed by atoms with Gasteiger partial charge in [0.2, 0.25) is 0 Å². The third-order valence-corrected chi connectivity index (χ3v) is 2.93. The molecule has 0 atom stereocenters. The van der Waals surface area contributed by atoms with Gasteiger partial charge in [0, 0.05) is 17.2 Å². The van der Waals surface area contributed by atoms with E-state index in [2.05, 4.69) is 6.07 Å². The summed E-state index contributed by atoms with van der Waals surface area (Å²) in [5.41, 5.74) is 0. The summed E-state index contributed by atoms with van der Waals surface area (Å²) in [5.74, 6) is 0. The molecular formula is C8H6NO2S2. The number of nitrogens with zero attached hydrogens (tertiary/aromatic N) is 1. The van der Waals surface area contributed by atoms with E-state index < -0.39 is 9.84 Å². The molecular weight excluding hydrogens is 206 g/mol. The molecule has 0 fully saturated rings. The monoisotopic (exact) mass is 212 g/mol. The smallest absolute Gasteiger partial charge is 0.176 e. The Hall–Kier alpha value is -0.990. The number of hydrogen-bond donors (Lipinski definition) is 0. The number of thioether (sulfide) groups is 1. The zero-order chi connectivity index (χ0) is 9.90. The fourth-order valence-electron chi connectivity index (χ4n) is 0.755. The topological polar surface area (TPSA) is 57.9 Å². The molecule has 0 amide bonds. The number of rotatable bonds is 2. The van der Waals surface area contributed by atoms with E-state index in [1.807, 2.05) is 5.40 Å². The molecule has 1 aromatic rings. The Bertz CT molecular complexity index is 445. The molecule has 1 aromatic carbocycles. The van der Waals surface area contributed by atoms with Crippen LogP contribution in [-0.2, 0) is 9.84 Å². The number of nitriles is 1. The molecule has 0 saturated heterocycles. The van der Waals surface area contributed by atoms with Gasteiger partial charge in [-0.2, -0.15) is 5.26 Å². The number of sulfone groups is 1. The Morgan fingerprint density at radius 2 is 2.31 bits per heavy atom. The van der Waals surface area contributed by atoms with Gasteiger partial charge in [0.25, 0.3) is 0 Å². The van der Waals surface area contributed by atoms with Crippen molar-refractivity contribution in [1.82, 2.24) is 0 Å². The van der Waals surface area contributed by atoms with Gasteiger partial charge in [-0.05, 0) is 23.9 Å². The van der Waals surface area contributed by atoms with Crippen LogP contribution in [0.1, 0.15) is 0 Å². The van der Waals surface area contributed by atoms with E-state index in [0.717, 1.165) is 18.0 Å². The summed E-state index contributed by atoms with van der Waals surface area (Å²) in [5, 5.41) is 10.2. The fraction of sp³-hybridized carbons (Fsp3) is 0.125. The van der Waals surface area contributed by atoms with Crippen molar-refractivity contribution >= 4 is 21.6 Å². The van der Waals surface area contributed by atoms with E-state index in [0.29, 0.717) is 4.90 Å².